The molecule has 2 aliphatic heterocycles. The van der Waals surface area contributed by atoms with E-state index in [0.717, 1.165) is 23.5 Å². The number of alkyl halides is 5. The second-order valence-corrected chi connectivity index (χ2v) is 9.57. The number of allylic oxidation sites excluding steroid dienone is 1. The Morgan fingerprint density at radius 2 is 1.89 bits per heavy atom. The number of benzene rings is 2. The second-order valence-electron chi connectivity index (χ2n) is 9.57. The number of hydrogen-bond acceptors (Lipinski definition) is 4. The molecule has 0 saturated carbocycles. The van der Waals surface area contributed by atoms with Gasteiger partial charge in [-0.3, -0.25) is 9.59 Å². The summed E-state index contributed by atoms with van der Waals surface area (Å²) in [6.45, 7) is 2.10. The lowest BCUT2D eigenvalue weighted by Crippen LogP contribution is -2.34. The van der Waals surface area contributed by atoms with Crippen LogP contribution in [0.5, 0.6) is 0 Å². The summed E-state index contributed by atoms with van der Waals surface area (Å²) in [4.78, 5) is 28.5. The van der Waals surface area contributed by atoms with Gasteiger partial charge in [-0.15, -0.1) is 0 Å². The summed E-state index contributed by atoms with van der Waals surface area (Å²) in [6, 6.07) is 9.08. The topological polar surface area (TPSA) is 72.9 Å². The van der Waals surface area contributed by atoms with Gasteiger partial charge in [0.1, 0.15) is 0 Å². The van der Waals surface area contributed by atoms with Crippen LogP contribution in [0.1, 0.15) is 41.3 Å². The number of anilines is 2. The first-order valence-electron chi connectivity index (χ1n) is 12.3. The highest BCUT2D eigenvalue weighted by atomic mass is 19.4. The molecule has 204 valence electrons. The molecule has 2 aromatic rings. The van der Waals surface area contributed by atoms with Gasteiger partial charge in [0.05, 0.1) is 23.4 Å². The SMILES string of the molecule is C[C@@H]1CCN(c2ccc(C(=O)N3CCC(F)(F)C(=CC(=O)NCCO)c4ccccc43)c(C(F)(F)F)c2)C1. The highest BCUT2D eigenvalue weighted by Crippen LogP contribution is 2.44. The number of fused-ring (bicyclic) bond motifs is 1. The van der Waals surface area contributed by atoms with Crippen molar-refractivity contribution in [3.05, 3.63) is 65.2 Å². The number of hydrogen-bond donors (Lipinski definition) is 2. The van der Waals surface area contributed by atoms with E-state index in [1.807, 2.05) is 11.8 Å². The lowest BCUT2D eigenvalue weighted by atomic mass is 9.97. The number of para-hydroxylation sites is 1. The molecule has 0 bridgehead atoms. The van der Waals surface area contributed by atoms with Gasteiger partial charge in [-0.25, -0.2) is 8.78 Å². The molecule has 2 aromatic carbocycles. The quantitative estimate of drug-likeness (QED) is 0.428. The molecule has 4 rings (SSSR count). The van der Waals surface area contributed by atoms with Crippen LogP contribution in [0.3, 0.4) is 0 Å². The molecule has 0 radical (unpaired) electrons. The molecule has 2 heterocycles. The van der Waals surface area contributed by atoms with Crippen LogP contribution in [-0.4, -0.2) is 55.6 Å². The molecule has 2 amide bonds. The predicted octanol–water partition coefficient (Wildman–Crippen LogP) is 4.73. The summed E-state index contributed by atoms with van der Waals surface area (Å²) >= 11 is 0. The van der Waals surface area contributed by atoms with Crippen LogP contribution in [0.25, 0.3) is 5.57 Å². The Kier molecular flexibility index (Phi) is 7.78. The highest BCUT2D eigenvalue weighted by molar-refractivity contribution is 6.10. The molecule has 0 unspecified atom stereocenters. The highest BCUT2D eigenvalue weighted by Gasteiger charge is 2.43. The van der Waals surface area contributed by atoms with Crippen molar-refractivity contribution in [3.63, 3.8) is 0 Å². The van der Waals surface area contributed by atoms with Gasteiger partial charge in [0, 0.05) is 55.5 Å². The summed E-state index contributed by atoms with van der Waals surface area (Å²) < 4.78 is 72.9. The third kappa shape index (κ3) is 5.67. The molecule has 38 heavy (non-hydrogen) atoms. The number of carbonyl (C=O) groups is 2. The van der Waals surface area contributed by atoms with Gasteiger partial charge < -0.3 is 20.2 Å². The monoisotopic (exact) mass is 537 g/mol. The Bertz CT molecular complexity index is 1240. The van der Waals surface area contributed by atoms with Crippen molar-refractivity contribution in [1.82, 2.24) is 5.32 Å². The van der Waals surface area contributed by atoms with E-state index < -0.39 is 53.6 Å². The van der Waals surface area contributed by atoms with Gasteiger partial charge in [0.2, 0.25) is 5.91 Å². The number of aliphatic hydroxyl groups is 1. The molecular weight excluding hydrogens is 509 g/mol. The van der Waals surface area contributed by atoms with E-state index in [1.54, 1.807) is 0 Å². The van der Waals surface area contributed by atoms with E-state index in [0.29, 0.717) is 30.8 Å². The van der Waals surface area contributed by atoms with Crippen LogP contribution >= 0.6 is 0 Å². The molecule has 0 spiro atoms. The Morgan fingerprint density at radius 1 is 1.16 bits per heavy atom. The molecule has 1 fully saturated rings. The molecule has 1 saturated heterocycles. The van der Waals surface area contributed by atoms with Gasteiger partial charge >= 0.3 is 6.18 Å². The zero-order valence-corrected chi connectivity index (χ0v) is 20.7. The van der Waals surface area contributed by atoms with Crippen LogP contribution < -0.4 is 15.1 Å². The fourth-order valence-electron chi connectivity index (χ4n) is 4.86. The molecular formula is C27H28F5N3O3. The van der Waals surface area contributed by atoms with Crippen molar-refractivity contribution >= 4 is 28.8 Å². The minimum atomic E-state index is -4.85. The number of nitrogens with zero attached hydrogens (tertiary/aromatic N) is 2. The van der Waals surface area contributed by atoms with Crippen molar-refractivity contribution in [1.29, 1.82) is 0 Å². The maximum atomic E-state index is 15.2. The van der Waals surface area contributed by atoms with Crippen molar-refractivity contribution in [3.8, 4) is 0 Å². The molecule has 0 aromatic heterocycles. The van der Waals surface area contributed by atoms with E-state index in [4.69, 9.17) is 5.11 Å². The average Bonchev–Trinajstić information content (AvgIpc) is 3.27. The van der Waals surface area contributed by atoms with E-state index in [2.05, 4.69) is 5.32 Å². The van der Waals surface area contributed by atoms with Crippen LogP contribution in [0.15, 0.2) is 48.5 Å². The van der Waals surface area contributed by atoms with Crippen LogP contribution in [0.2, 0.25) is 0 Å². The first-order chi connectivity index (χ1) is 17.9. The summed E-state index contributed by atoms with van der Waals surface area (Å²) in [5.74, 6) is -5.15. The Hall–Kier alpha value is -3.47. The predicted molar refractivity (Wildman–Crippen MR) is 133 cm³/mol. The molecule has 6 nitrogen and oxygen atoms in total. The Morgan fingerprint density at radius 3 is 2.55 bits per heavy atom. The zero-order valence-electron chi connectivity index (χ0n) is 20.7. The maximum Gasteiger partial charge on any atom is 0.417 e. The largest absolute Gasteiger partial charge is 0.417 e. The smallest absolute Gasteiger partial charge is 0.395 e. The summed E-state index contributed by atoms with van der Waals surface area (Å²) in [6.07, 6.45) is -4.21. The van der Waals surface area contributed by atoms with Crippen molar-refractivity contribution in [2.75, 3.05) is 42.6 Å². The Balaban J connectivity index is 1.77. The van der Waals surface area contributed by atoms with E-state index in [9.17, 15) is 22.8 Å². The van der Waals surface area contributed by atoms with Crippen LogP contribution in [-0.2, 0) is 11.0 Å². The number of halogens is 5. The number of amides is 2. The molecule has 11 heteroatoms. The normalized spacial score (nSPS) is 20.3. The van der Waals surface area contributed by atoms with Gasteiger partial charge in [-0.2, -0.15) is 13.2 Å². The molecule has 1 atom stereocenters. The van der Waals surface area contributed by atoms with Gasteiger partial charge in [-0.1, -0.05) is 25.1 Å². The van der Waals surface area contributed by atoms with E-state index >= 15 is 8.78 Å². The van der Waals surface area contributed by atoms with Gasteiger partial charge in [0.25, 0.3) is 11.8 Å². The first kappa shape index (κ1) is 27.6. The standard InChI is InChI=1S/C27H28F5N3O3/c1-17-8-11-34(16-17)18-6-7-20(22(14-18)27(30,31)32)25(38)35-12-9-26(28,29)21(15-24(37)33-10-13-36)19-4-2-3-5-23(19)35/h2-7,14-15,17,36H,8-13,16H2,1H3,(H,33,37)/t17-/m1/s1. The lowest BCUT2D eigenvalue weighted by molar-refractivity contribution is -0.137. The fraction of sp³-hybridized carbons (Fsp3) is 0.407. The lowest BCUT2D eigenvalue weighted by Gasteiger charge is -2.26. The van der Waals surface area contributed by atoms with E-state index in [-0.39, 0.29) is 24.4 Å². The summed E-state index contributed by atoms with van der Waals surface area (Å²) in [5, 5.41) is 11.2. The minimum absolute atomic E-state index is 0.0264. The first-order valence-corrected chi connectivity index (χ1v) is 12.3. The fourth-order valence-corrected chi connectivity index (χ4v) is 4.86. The number of carbonyl (C=O) groups excluding carboxylic acids is 2. The third-order valence-corrected chi connectivity index (χ3v) is 6.79. The number of rotatable bonds is 5. The summed E-state index contributed by atoms with van der Waals surface area (Å²) in [7, 11) is 0. The molecule has 2 N–H and O–H groups in total. The van der Waals surface area contributed by atoms with Crippen LogP contribution in [0.4, 0.5) is 33.3 Å². The number of aliphatic hydroxyl groups excluding tert-OH is 1. The molecule has 0 aliphatic carbocycles. The Labute approximate surface area is 216 Å². The minimum Gasteiger partial charge on any atom is -0.395 e. The van der Waals surface area contributed by atoms with Gasteiger partial charge in [-0.05, 0) is 36.6 Å². The van der Waals surface area contributed by atoms with Gasteiger partial charge in [0.15, 0.2) is 0 Å². The maximum absolute atomic E-state index is 15.2. The van der Waals surface area contributed by atoms with Crippen molar-refractivity contribution in [2.24, 2.45) is 5.92 Å². The third-order valence-electron chi connectivity index (χ3n) is 6.79. The van der Waals surface area contributed by atoms with E-state index in [1.165, 1.54) is 30.3 Å². The van der Waals surface area contributed by atoms with Crippen LogP contribution in [0, 0.1) is 5.92 Å². The summed E-state index contributed by atoms with van der Waals surface area (Å²) in [5.41, 5.74) is -2.25. The molecule has 2 aliphatic rings. The second kappa shape index (κ2) is 10.7. The van der Waals surface area contributed by atoms with Crippen molar-refractivity contribution < 1.29 is 36.6 Å². The average molecular weight is 538 g/mol. The van der Waals surface area contributed by atoms with Crippen molar-refractivity contribution in [2.45, 2.75) is 31.9 Å². The number of nitrogens with one attached hydrogen (secondary N) is 1. The zero-order chi connectivity index (χ0) is 27.7.